The highest BCUT2D eigenvalue weighted by atomic mass is 32.1. The van der Waals surface area contributed by atoms with Crippen LogP contribution in [0.25, 0.3) is 11.1 Å². The van der Waals surface area contributed by atoms with Gasteiger partial charge in [0, 0.05) is 23.1 Å². The second kappa shape index (κ2) is 11.1. The first-order chi connectivity index (χ1) is 16.3. The van der Waals surface area contributed by atoms with Crippen LogP contribution < -0.4 is 10.1 Å². The summed E-state index contributed by atoms with van der Waals surface area (Å²) in [4.78, 5) is 47.5. The van der Waals surface area contributed by atoms with Crippen molar-refractivity contribution >= 4 is 39.9 Å². The van der Waals surface area contributed by atoms with Gasteiger partial charge < -0.3 is 19.5 Å². The highest BCUT2D eigenvalue weighted by molar-refractivity contribution is 7.15. The number of ether oxygens (including phenoxy) is 3. The third-order valence-electron chi connectivity index (χ3n) is 4.55. The molecule has 11 heteroatoms. The molecule has 1 N–H and O–H groups in total. The van der Waals surface area contributed by atoms with Crippen LogP contribution in [0, 0.1) is 10.1 Å². The summed E-state index contributed by atoms with van der Waals surface area (Å²) in [6.07, 6.45) is 0. The first kappa shape index (κ1) is 24.4. The van der Waals surface area contributed by atoms with E-state index in [4.69, 9.17) is 14.2 Å². The van der Waals surface area contributed by atoms with Crippen molar-refractivity contribution in [3.8, 4) is 16.9 Å². The highest BCUT2D eigenvalue weighted by Crippen LogP contribution is 2.36. The molecule has 2 aromatic carbocycles. The number of hydrogen-bond donors (Lipinski definition) is 1. The second-order valence-corrected chi connectivity index (χ2v) is 7.61. The Hall–Kier alpha value is -4.25. The van der Waals surface area contributed by atoms with Crippen molar-refractivity contribution in [2.75, 3.05) is 25.6 Å². The number of amides is 1. The molecule has 0 saturated carbocycles. The van der Waals surface area contributed by atoms with E-state index in [1.165, 1.54) is 18.2 Å². The number of nitro benzene ring substituents is 1. The molecule has 0 aliphatic carbocycles. The van der Waals surface area contributed by atoms with Gasteiger partial charge in [-0.15, -0.1) is 11.3 Å². The number of methoxy groups -OCH3 is 1. The summed E-state index contributed by atoms with van der Waals surface area (Å²) in [5.41, 5.74) is 1.12. The molecule has 3 aromatic rings. The van der Waals surface area contributed by atoms with E-state index < -0.39 is 29.4 Å². The van der Waals surface area contributed by atoms with Crippen LogP contribution in [0.3, 0.4) is 0 Å². The van der Waals surface area contributed by atoms with Gasteiger partial charge in [0.25, 0.3) is 11.6 Å². The zero-order chi connectivity index (χ0) is 24.7. The summed E-state index contributed by atoms with van der Waals surface area (Å²) in [7, 11) is 1.54. The van der Waals surface area contributed by atoms with E-state index in [9.17, 15) is 24.5 Å². The first-order valence-electron chi connectivity index (χ1n) is 9.98. The molecule has 1 amide bonds. The molecular weight excluding hydrogens is 464 g/mol. The molecule has 0 spiro atoms. The largest absolute Gasteiger partial charge is 0.497 e. The van der Waals surface area contributed by atoms with E-state index in [1.807, 2.05) is 0 Å². The van der Waals surface area contributed by atoms with E-state index in [0.29, 0.717) is 11.3 Å². The maximum atomic E-state index is 12.6. The van der Waals surface area contributed by atoms with Crippen molar-refractivity contribution in [3.63, 3.8) is 0 Å². The second-order valence-electron chi connectivity index (χ2n) is 6.73. The van der Waals surface area contributed by atoms with Crippen LogP contribution in [0.15, 0.2) is 53.9 Å². The predicted molar refractivity (Wildman–Crippen MR) is 124 cm³/mol. The molecule has 1 heterocycles. The summed E-state index contributed by atoms with van der Waals surface area (Å²) >= 11 is 1.12. The maximum Gasteiger partial charge on any atom is 0.341 e. The number of carbonyl (C=O) groups excluding carboxylic acids is 3. The van der Waals surface area contributed by atoms with Crippen LogP contribution in [-0.4, -0.2) is 43.1 Å². The Bertz CT molecular complexity index is 1220. The minimum Gasteiger partial charge on any atom is -0.497 e. The summed E-state index contributed by atoms with van der Waals surface area (Å²) in [5.74, 6) is -1.55. The number of rotatable bonds is 9. The van der Waals surface area contributed by atoms with E-state index in [2.05, 4.69) is 5.32 Å². The minimum atomic E-state index is -0.894. The lowest BCUT2D eigenvalue weighted by atomic mass is 10.0. The third-order valence-corrected chi connectivity index (χ3v) is 5.45. The van der Waals surface area contributed by atoms with Gasteiger partial charge in [0.1, 0.15) is 16.3 Å². The van der Waals surface area contributed by atoms with Crippen molar-refractivity contribution < 1.29 is 33.5 Å². The van der Waals surface area contributed by atoms with Gasteiger partial charge in [-0.05, 0) is 30.7 Å². The minimum absolute atomic E-state index is 0.0628. The molecule has 176 valence electrons. The first-order valence-corrected chi connectivity index (χ1v) is 10.9. The Morgan fingerprint density at radius 1 is 1.06 bits per heavy atom. The number of hydrogen-bond acceptors (Lipinski definition) is 9. The number of esters is 2. The molecular formula is C23H20N2O8S. The zero-order valence-corrected chi connectivity index (χ0v) is 19.0. The van der Waals surface area contributed by atoms with Crippen LogP contribution >= 0.6 is 11.3 Å². The monoisotopic (exact) mass is 484 g/mol. The Labute approximate surface area is 198 Å². The van der Waals surface area contributed by atoms with Gasteiger partial charge in [0.05, 0.1) is 24.2 Å². The lowest BCUT2D eigenvalue weighted by molar-refractivity contribution is -0.384. The molecule has 34 heavy (non-hydrogen) atoms. The number of anilines is 1. The van der Waals surface area contributed by atoms with Crippen LogP contribution in [0.1, 0.15) is 27.6 Å². The van der Waals surface area contributed by atoms with Crippen LogP contribution in [0.5, 0.6) is 5.75 Å². The molecule has 0 aliphatic rings. The number of carbonyl (C=O) groups is 3. The number of non-ortho nitro benzene ring substituents is 1. The Balaban J connectivity index is 1.75. The molecule has 0 saturated heterocycles. The number of nitrogens with one attached hydrogen (secondary N) is 1. The fraction of sp³-hybridized carbons (Fsp3) is 0.174. The summed E-state index contributed by atoms with van der Waals surface area (Å²) in [6.45, 7) is 1.16. The molecule has 1 aromatic heterocycles. The maximum absolute atomic E-state index is 12.6. The Morgan fingerprint density at radius 2 is 1.79 bits per heavy atom. The molecule has 10 nitrogen and oxygen atoms in total. The average molecular weight is 484 g/mol. The number of nitrogens with zero attached hydrogens (tertiary/aromatic N) is 1. The molecule has 0 radical (unpaired) electrons. The molecule has 0 bridgehead atoms. The zero-order valence-electron chi connectivity index (χ0n) is 18.2. The van der Waals surface area contributed by atoms with Crippen molar-refractivity contribution in [3.05, 3.63) is 75.2 Å². The standard InChI is InChI=1S/C23H20N2O8S/c1-3-32-23(28)20-18(14-7-9-17(31-2)10-8-14)13-34-21(20)24-19(26)12-33-22(27)15-5-4-6-16(11-15)25(29)30/h4-11,13H,3,12H2,1-2H3,(H,24,26). The van der Waals surface area contributed by atoms with Crippen molar-refractivity contribution in [1.82, 2.24) is 0 Å². The van der Waals surface area contributed by atoms with E-state index in [1.54, 1.807) is 43.7 Å². The smallest absolute Gasteiger partial charge is 0.341 e. The highest BCUT2D eigenvalue weighted by Gasteiger charge is 2.23. The van der Waals surface area contributed by atoms with E-state index in [-0.39, 0.29) is 28.4 Å². The fourth-order valence-corrected chi connectivity index (χ4v) is 3.94. The van der Waals surface area contributed by atoms with Gasteiger partial charge in [0.2, 0.25) is 0 Å². The summed E-state index contributed by atoms with van der Waals surface area (Å²) in [5, 5.41) is 15.4. The normalized spacial score (nSPS) is 10.3. The quantitative estimate of drug-likeness (QED) is 0.270. The summed E-state index contributed by atoms with van der Waals surface area (Å²) in [6, 6.07) is 12.0. The number of nitro groups is 1. The summed E-state index contributed by atoms with van der Waals surface area (Å²) < 4.78 is 15.3. The topological polar surface area (TPSA) is 134 Å². The molecule has 0 fully saturated rings. The number of thiophene rings is 1. The lowest BCUT2D eigenvalue weighted by Gasteiger charge is -2.09. The Morgan fingerprint density at radius 3 is 2.44 bits per heavy atom. The lowest BCUT2D eigenvalue weighted by Crippen LogP contribution is -2.21. The van der Waals surface area contributed by atoms with Crippen molar-refractivity contribution in [2.45, 2.75) is 6.92 Å². The average Bonchev–Trinajstić information content (AvgIpc) is 3.26. The van der Waals surface area contributed by atoms with Crippen LogP contribution in [-0.2, 0) is 14.3 Å². The van der Waals surface area contributed by atoms with Gasteiger partial charge in [-0.3, -0.25) is 14.9 Å². The van der Waals surface area contributed by atoms with Gasteiger partial charge in [0.15, 0.2) is 6.61 Å². The third kappa shape index (κ3) is 5.75. The molecule has 3 rings (SSSR count). The van der Waals surface area contributed by atoms with Gasteiger partial charge in [-0.1, -0.05) is 18.2 Å². The fourth-order valence-electron chi connectivity index (χ4n) is 2.96. The van der Waals surface area contributed by atoms with Crippen LogP contribution in [0.4, 0.5) is 10.7 Å². The van der Waals surface area contributed by atoms with Gasteiger partial charge in [-0.2, -0.15) is 0 Å². The van der Waals surface area contributed by atoms with E-state index in [0.717, 1.165) is 23.0 Å². The SMILES string of the molecule is CCOC(=O)c1c(-c2ccc(OC)cc2)csc1NC(=O)COC(=O)c1cccc([N+](=O)[O-])c1. The van der Waals surface area contributed by atoms with E-state index >= 15 is 0 Å². The molecule has 0 aliphatic heterocycles. The molecule has 0 atom stereocenters. The van der Waals surface area contributed by atoms with Crippen molar-refractivity contribution in [1.29, 1.82) is 0 Å². The van der Waals surface area contributed by atoms with Crippen molar-refractivity contribution in [2.24, 2.45) is 0 Å². The number of benzene rings is 2. The Kier molecular flexibility index (Phi) is 7.93. The van der Waals surface area contributed by atoms with Gasteiger partial charge in [-0.25, -0.2) is 9.59 Å². The van der Waals surface area contributed by atoms with Gasteiger partial charge >= 0.3 is 11.9 Å². The molecule has 0 unspecified atom stereocenters. The predicted octanol–water partition coefficient (Wildman–Crippen LogP) is 4.30. The van der Waals surface area contributed by atoms with Crippen LogP contribution in [0.2, 0.25) is 0 Å².